The third-order valence-corrected chi connectivity index (χ3v) is 0. The summed E-state index contributed by atoms with van der Waals surface area (Å²) in [5.74, 6) is 0. The van der Waals surface area contributed by atoms with Gasteiger partial charge in [-0.2, -0.15) is 0 Å². The van der Waals surface area contributed by atoms with Crippen LogP contribution in [0.3, 0.4) is 0 Å². The van der Waals surface area contributed by atoms with Crippen molar-refractivity contribution in [2.45, 2.75) is 0 Å². The third kappa shape index (κ3) is 53.7. The Morgan fingerprint density at radius 2 is 1.12 bits per heavy atom. The van der Waals surface area contributed by atoms with Crippen molar-refractivity contribution in [2.24, 2.45) is 0 Å². The van der Waals surface area contributed by atoms with E-state index in [9.17, 15) is 0 Å². The van der Waals surface area contributed by atoms with Gasteiger partial charge < -0.3 is 14.7 Å². The zero-order valence-electron chi connectivity index (χ0n) is 3.66. The molecule has 0 amide bonds. The number of rotatable bonds is 0. The molecule has 0 bridgehead atoms. The molecule has 0 saturated carbocycles. The number of phosphoric acid groups is 1. The Morgan fingerprint density at radius 1 is 1.12 bits per heavy atom. The molecule has 0 rings (SSSR count). The van der Waals surface area contributed by atoms with Crippen molar-refractivity contribution in [3.63, 3.8) is 0 Å². The van der Waals surface area contributed by atoms with E-state index in [1.165, 1.54) is 0 Å². The fourth-order valence-corrected chi connectivity index (χ4v) is 0. The predicted molar refractivity (Wildman–Crippen MR) is 20.0 cm³/mol. The maximum absolute atomic E-state index is 8.88. The molecule has 0 aliphatic rings. The first-order chi connectivity index (χ1) is 2.00. The van der Waals surface area contributed by atoms with Crippen molar-refractivity contribution in [3.05, 3.63) is 0 Å². The molecule has 0 fully saturated rings. The van der Waals surface area contributed by atoms with E-state index < -0.39 is 7.82 Å². The van der Waals surface area contributed by atoms with Crippen LogP contribution in [0.1, 0.15) is 0 Å². The summed E-state index contributed by atoms with van der Waals surface area (Å²) < 4.78 is 8.88. The van der Waals surface area contributed by atoms with Crippen LogP contribution >= 0.6 is 7.82 Å². The van der Waals surface area contributed by atoms with Crippen molar-refractivity contribution in [2.75, 3.05) is 0 Å². The molecule has 0 heterocycles. The van der Waals surface area contributed by atoms with E-state index in [1.807, 2.05) is 0 Å². The maximum Gasteiger partial charge on any atom is 0.466 e. The Balaban J connectivity index is -0.0000000267. The van der Waals surface area contributed by atoms with Crippen molar-refractivity contribution < 1.29 is 85.7 Å². The molecule has 4 radical (unpaired) electrons. The van der Waals surface area contributed by atoms with Crippen molar-refractivity contribution in [1.82, 2.24) is 0 Å². The average Bonchev–Trinajstić information content (AvgIpc) is 0.722. The van der Waals surface area contributed by atoms with Gasteiger partial charge in [-0.1, -0.05) is 0 Å². The minimum absolute atomic E-state index is 0. The van der Waals surface area contributed by atoms with Crippen LogP contribution in [0, 0.1) is 49.4 Å². The van der Waals surface area contributed by atoms with Gasteiger partial charge in [0.15, 0.2) is 0 Å². The van der Waals surface area contributed by atoms with Crippen LogP contribution in [0.25, 0.3) is 0 Å². The minimum atomic E-state index is -4.64. The van der Waals surface area contributed by atoms with Crippen molar-refractivity contribution >= 4 is 53.3 Å². The van der Waals surface area contributed by atoms with E-state index in [4.69, 9.17) is 19.2 Å². The first-order valence-electron chi connectivity index (χ1n) is 0.783. The maximum atomic E-state index is 8.88. The molecule has 0 aromatic rings. The smallest absolute Gasteiger partial charge is 0.303 e. The number of hydrogen-bond acceptors (Lipinski definition) is 1. The van der Waals surface area contributed by atoms with Crippen LogP contribution < -0.4 is 0 Å². The van der Waals surface area contributed by atoms with Gasteiger partial charge in [0.05, 0.1) is 0 Å². The summed E-state index contributed by atoms with van der Waals surface area (Å²) >= 11 is 0. The summed E-state index contributed by atoms with van der Waals surface area (Å²) in [6, 6.07) is 0. The van der Waals surface area contributed by atoms with Crippen LogP contribution in [-0.2, 0) is 21.6 Å². The molecule has 0 aromatic heterocycles. The Hall–Kier alpha value is 3.69. The second kappa shape index (κ2) is 10.7. The quantitative estimate of drug-likeness (QED) is 0.353. The molecule has 0 unspecified atom stereocenters. The summed E-state index contributed by atoms with van der Waals surface area (Å²) in [5, 5.41) is 0. The number of hydrogen-bond donors (Lipinski definition) is 3. The normalized spacial score (nSPS) is 7.38. The summed E-state index contributed by atoms with van der Waals surface area (Å²) in [4.78, 5) is 21.6. The first-order valence-corrected chi connectivity index (χ1v) is 2.35. The third-order valence-electron chi connectivity index (χ3n) is 0. The van der Waals surface area contributed by atoms with Gasteiger partial charge in [-0.05, 0) is 0 Å². The monoisotopic (exact) mass is 394 g/mol. The Kier molecular flexibility index (Phi) is 30.2. The van der Waals surface area contributed by atoms with Crippen LogP contribution in [-0.4, -0.2) is 60.2 Å². The van der Waals surface area contributed by atoms with E-state index >= 15 is 0 Å². The fourth-order valence-electron chi connectivity index (χ4n) is 0. The average molecular weight is 393 g/mol. The molecule has 48 valence electrons. The molecule has 3 N–H and O–H groups in total. The van der Waals surface area contributed by atoms with Gasteiger partial charge in [0, 0.05) is 112 Å². The molecule has 4 nitrogen and oxygen atoms in total. The van der Waals surface area contributed by atoms with Gasteiger partial charge in [0.2, 0.25) is 0 Å². The van der Waals surface area contributed by atoms with Gasteiger partial charge in [-0.15, -0.1) is 0 Å². The summed E-state index contributed by atoms with van der Waals surface area (Å²) in [6.45, 7) is 0. The van der Waals surface area contributed by atoms with Crippen LogP contribution in [0.2, 0.25) is 0 Å². The molecule has 0 spiro atoms. The largest absolute Gasteiger partial charge is 0.466 e. The van der Waals surface area contributed by atoms with Gasteiger partial charge in [-0.3, -0.25) is 0 Å². The topological polar surface area (TPSA) is 77.8 Å². The van der Waals surface area contributed by atoms with Gasteiger partial charge in [0.25, 0.3) is 0 Å². The van der Waals surface area contributed by atoms with Gasteiger partial charge in [0.1, 0.15) is 0 Å². The van der Waals surface area contributed by atoms with E-state index in [-0.39, 0.29) is 112 Å². The molecule has 0 aliphatic carbocycles. The van der Waals surface area contributed by atoms with Crippen LogP contribution in [0.4, 0.5) is 0 Å². The Bertz CT molecular complexity index is 62.2. The van der Waals surface area contributed by atoms with E-state index in [0.717, 1.165) is 0 Å². The Labute approximate surface area is 135 Å². The summed E-state index contributed by atoms with van der Waals surface area (Å²) in [5.41, 5.74) is 0. The summed E-state index contributed by atoms with van der Waals surface area (Å²) in [7, 11) is -4.64. The standard InChI is InChI=1S/Eu.Mn.H3O4P.Sr/c;;1-5(2,3)4;/h;;(H3,1,2,3,4);. The van der Waals surface area contributed by atoms with E-state index in [1.54, 1.807) is 0 Å². The molecular weight excluding hydrogens is 389 g/mol. The molecule has 0 aliphatic heterocycles. The predicted octanol–water partition coefficient (Wildman–Crippen LogP) is -1.31. The zero-order valence-corrected chi connectivity index (χ0v) is 11.6. The van der Waals surface area contributed by atoms with Crippen molar-refractivity contribution in [1.29, 1.82) is 0 Å². The molecular formula is H3EuMnO4PSr. The minimum Gasteiger partial charge on any atom is -0.303 e. The van der Waals surface area contributed by atoms with Gasteiger partial charge in [-0.25, -0.2) is 4.57 Å². The van der Waals surface area contributed by atoms with Gasteiger partial charge >= 0.3 is 7.82 Å². The fraction of sp³-hybridized carbons (Fsp3) is 0. The van der Waals surface area contributed by atoms with E-state index in [0.29, 0.717) is 0 Å². The van der Waals surface area contributed by atoms with Crippen molar-refractivity contribution in [3.8, 4) is 0 Å². The van der Waals surface area contributed by atoms with E-state index in [2.05, 4.69) is 0 Å². The zero-order chi connectivity index (χ0) is 4.50. The molecule has 8 heteroatoms. The summed E-state index contributed by atoms with van der Waals surface area (Å²) in [6.07, 6.45) is 0. The Morgan fingerprint density at radius 3 is 1.12 bits per heavy atom. The van der Waals surface area contributed by atoms with Crippen LogP contribution in [0.15, 0.2) is 0 Å². The molecule has 8 heavy (non-hydrogen) atoms. The first kappa shape index (κ1) is 22.6. The second-order valence-electron chi connectivity index (χ2n) is 0.513. The van der Waals surface area contributed by atoms with Crippen LogP contribution in [0.5, 0.6) is 0 Å². The molecule has 0 saturated heterocycles. The molecule has 0 atom stereocenters. The molecule has 0 aromatic carbocycles. The second-order valence-corrected chi connectivity index (χ2v) is 1.54. The SMILES string of the molecule is O=P(O)(O)O.[Eu].[Mn].[Sr].